The van der Waals surface area contributed by atoms with E-state index >= 15 is 0 Å². The fourth-order valence-corrected chi connectivity index (χ4v) is 1.79. The standard InChI is InChI=1S/C14H23/c1-2-4-6-8-10-12-14-13-11-9-7-5-3-1/h1-4,9H,5-8,10-14H2/b3-1+,4-2-. The monoisotopic (exact) mass is 191 g/mol. The summed E-state index contributed by atoms with van der Waals surface area (Å²) in [5.41, 5.74) is 0. The lowest BCUT2D eigenvalue weighted by Crippen LogP contribution is -1.82. The number of hydrogen-bond donors (Lipinski definition) is 0. The summed E-state index contributed by atoms with van der Waals surface area (Å²) >= 11 is 0. The van der Waals surface area contributed by atoms with Gasteiger partial charge in [-0.15, -0.1) is 0 Å². The van der Waals surface area contributed by atoms with Gasteiger partial charge in [-0.1, -0.05) is 56.4 Å². The molecule has 1 aliphatic carbocycles. The van der Waals surface area contributed by atoms with Crippen molar-refractivity contribution < 1.29 is 0 Å². The lowest BCUT2D eigenvalue weighted by atomic mass is 10.1. The highest BCUT2D eigenvalue weighted by Gasteiger charge is 1.92. The summed E-state index contributed by atoms with van der Waals surface area (Å²) in [6.07, 6.45) is 23.5. The molecule has 0 unspecified atom stereocenters. The van der Waals surface area contributed by atoms with Crippen LogP contribution >= 0.6 is 0 Å². The van der Waals surface area contributed by atoms with Crippen LogP contribution in [0.25, 0.3) is 0 Å². The van der Waals surface area contributed by atoms with Crippen LogP contribution in [0.15, 0.2) is 24.3 Å². The average molecular weight is 191 g/mol. The van der Waals surface area contributed by atoms with Gasteiger partial charge in [0.1, 0.15) is 0 Å². The van der Waals surface area contributed by atoms with Gasteiger partial charge in [0.25, 0.3) is 0 Å². The van der Waals surface area contributed by atoms with E-state index in [4.69, 9.17) is 0 Å². The zero-order valence-electron chi connectivity index (χ0n) is 9.25. The van der Waals surface area contributed by atoms with Crippen molar-refractivity contribution in [1.82, 2.24) is 0 Å². The van der Waals surface area contributed by atoms with Crippen molar-refractivity contribution in [3.63, 3.8) is 0 Å². The molecule has 0 heteroatoms. The summed E-state index contributed by atoms with van der Waals surface area (Å²) < 4.78 is 0. The third-order valence-corrected chi connectivity index (χ3v) is 2.70. The molecule has 0 N–H and O–H groups in total. The van der Waals surface area contributed by atoms with E-state index in [-0.39, 0.29) is 0 Å². The second-order valence-electron chi connectivity index (χ2n) is 4.07. The molecule has 0 saturated carbocycles. The lowest BCUT2D eigenvalue weighted by molar-refractivity contribution is 0.609. The van der Waals surface area contributed by atoms with Gasteiger partial charge >= 0.3 is 0 Å². The van der Waals surface area contributed by atoms with E-state index in [1.54, 1.807) is 0 Å². The largest absolute Gasteiger partial charge is 0.0845 e. The second-order valence-corrected chi connectivity index (χ2v) is 4.07. The van der Waals surface area contributed by atoms with Crippen molar-refractivity contribution >= 4 is 0 Å². The molecule has 1 aliphatic rings. The molecule has 0 spiro atoms. The molecule has 0 aromatic heterocycles. The maximum Gasteiger partial charge on any atom is -0.0345 e. The summed E-state index contributed by atoms with van der Waals surface area (Å²) in [6.45, 7) is 0. The normalized spacial score (nSPS) is 26.3. The van der Waals surface area contributed by atoms with Gasteiger partial charge in [-0.2, -0.15) is 0 Å². The Labute approximate surface area is 89.1 Å². The topological polar surface area (TPSA) is 0 Å². The highest BCUT2D eigenvalue weighted by Crippen LogP contribution is 2.11. The number of hydrogen-bond acceptors (Lipinski definition) is 0. The molecule has 0 aliphatic heterocycles. The molecule has 0 atom stereocenters. The molecule has 0 nitrogen and oxygen atoms in total. The van der Waals surface area contributed by atoms with Gasteiger partial charge in [-0.25, -0.2) is 0 Å². The fourth-order valence-electron chi connectivity index (χ4n) is 1.79. The zero-order valence-corrected chi connectivity index (χ0v) is 9.25. The predicted molar refractivity (Wildman–Crippen MR) is 64.1 cm³/mol. The van der Waals surface area contributed by atoms with Gasteiger partial charge in [0.2, 0.25) is 0 Å². The minimum Gasteiger partial charge on any atom is -0.0845 e. The molecule has 0 amide bonds. The maximum absolute atomic E-state index is 2.44. The first kappa shape index (κ1) is 11.6. The average Bonchev–Trinajstić information content (AvgIpc) is 2.22. The van der Waals surface area contributed by atoms with E-state index in [0.717, 1.165) is 0 Å². The fraction of sp³-hybridized carbons (Fsp3) is 0.643. The Hall–Kier alpha value is -0.520. The molecule has 0 fully saturated rings. The molecule has 0 heterocycles. The van der Waals surface area contributed by atoms with Crippen molar-refractivity contribution in [2.75, 3.05) is 0 Å². The highest BCUT2D eigenvalue weighted by atomic mass is 14.0. The Morgan fingerprint density at radius 3 is 2.00 bits per heavy atom. The summed E-state index contributed by atoms with van der Waals surface area (Å²) in [7, 11) is 0. The molecular formula is C14H23. The predicted octanol–water partition coefficient (Wildman–Crippen LogP) is 4.83. The summed E-state index contributed by atoms with van der Waals surface area (Å²) in [6, 6.07) is 0. The quantitative estimate of drug-likeness (QED) is 0.514. The van der Waals surface area contributed by atoms with E-state index in [1.165, 1.54) is 57.8 Å². The second kappa shape index (κ2) is 9.05. The van der Waals surface area contributed by atoms with Crippen LogP contribution in [0.1, 0.15) is 57.8 Å². The third kappa shape index (κ3) is 6.94. The Morgan fingerprint density at radius 2 is 1.14 bits per heavy atom. The molecule has 14 heavy (non-hydrogen) atoms. The van der Waals surface area contributed by atoms with Crippen LogP contribution in [0.5, 0.6) is 0 Å². The first-order chi connectivity index (χ1) is 7.00. The van der Waals surface area contributed by atoms with Crippen LogP contribution in [-0.2, 0) is 0 Å². The van der Waals surface area contributed by atoms with E-state index in [0.29, 0.717) is 0 Å². The van der Waals surface area contributed by atoms with Gasteiger partial charge in [-0.3, -0.25) is 0 Å². The number of rotatable bonds is 0. The van der Waals surface area contributed by atoms with Gasteiger partial charge in [0.15, 0.2) is 0 Å². The van der Waals surface area contributed by atoms with Crippen molar-refractivity contribution in [2.45, 2.75) is 57.8 Å². The van der Waals surface area contributed by atoms with Gasteiger partial charge in [0.05, 0.1) is 0 Å². The van der Waals surface area contributed by atoms with Crippen LogP contribution < -0.4 is 0 Å². The molecule has 0 saturated heterocycles. The van der Waals surface area contributed by atoms with Crippen LogP contribution in [0.4, 0.5) is 0 Å². The first-order valence-electron chi connectivity index (χ1n) is 6.13. The van der Waals surface area contributed by atoms with Crippen molar-refractivity contribution in [1.29, 1.82) is 0 Å². The van der Waals surface area contributed by atoms with Crippen LogP contribution in [0, 0.1) is 6.42 Å². The van der Waals surface area contributed by atoms with Crippen molar-refractivity contribution in [3.05, 3.63) is 30.7 Å². The third-order valence-electron chi connectivity index (χ3n) is 2.70. The molecule has 0 aromatic rings. The lowest BCUT2D eigenvalue weighted by Gasteiger charge is -2.01. The Bertz CT molecular complexity index is 145. The minimum absolute atomic E-state index is 1.21. The summed E-state index contributed by atoms with van der Waals surface area (Å²) in [4.78, 5) is 0. The van der Waals surface area contributed by atoms with Gasteiger partial charge < -0.3 is 0 Å². The maximum atomic E-state index is 2.44. The molecule has 1 radical (unpaired) electrons. The SMILES string of the molecule is [CH]1CC/C=C/C=C\CCCCCCC1. The van der Waals surface area contributed by atoms with Crippen LogP contribution in [-0.4, -0.2) is 0 Å². The molecule has 0 aromatic carbocycles. The van der Waals surface area contributed by atoms with Crippen LogP contribution in [0.2, 0.25) is 0 Å². The highest BCUT2D eigenvalue weighted by molar-refractivity contribution is 5.02. The summed E-state index contributed by atoms with van der Waals surface area (Å²) in [5.74, 6) is 0. The minimum atomic E-state index is 1.21. The molecule has 79 valence electrons. The van der Waals surface area contributed by atoms with E-state index in [9.17, 15) is 0 Å². The summed E-state index contributed by atoms with van der Waals surface area (Å²) in [5, 5.41) is 0. The number of allylic oxidation sites excluding steroid dienone is 4. The Morgan fingerprint density at radius 1 is 0.500 bits per heavy atom. The smallest absolute Gasteiger partial charge is 0.0345 e. The van der Waals surface area contributed by atoms with E-state index in [2.05, 4.69) is 30.7 Å². The van der Waals surface area contributed by atoms with Gasteiger partial charge in [0, 0.05) is 0 Å². The first-order valence-corrected chi connectivity index (χ1v) is 6.13. The van der Waals surface area contributed by atoms with E-state index in [1.807, 2.05) is 0 Å². The van der Waals surface area contributed by atoms with Crippen molar-refractivity contribution in [3.8, 4) is 0 Å². The Balaban J connectivity index is 2.17. The van der Waals surface area contributed by atoms with E-state index < -0.39 is 0 Å². The van der Waals surface area contributed by atoms with Gasteiger partial charge in [-0.05, 0) is 32.1 Å². The molecular weight excluding hydrogens is 168 g/mol. The molecule has 0 bridgehead atoms. The van der Waals surface area contributed by atoms with Crippen molar-refractivity contribution in [2.24, 2.45) is 0 Å². The Kier molecular flexibility index (Phi) is 7.47. The zero-order chi connectivity index (χ0) is 9.90. The molecule has 1 rings (SSSR count). The van der Waals surface area contributed by atoms with Crippen LogP contribution in [0.3, 0.4) is 0 Å².